The molecule has 0 saturated heterocycles. The largest absolute Gasteiger partial charge is 0.488 e. The van der Waals surface area contributed by atoms with Crippen molar-refractivity contribution in [1.29, 1.82) is 0 Å². The minimum Gasteiger partial charge on any atom is -0.488 e. The molecule has 1 aliphatic heterocycles. The molecule has 14 heteroatoms. The lowest BCUT2D eigenvalue weighted by Crippen LogP contribution is -2.46. The van der Waals surface area contributed by atoms with Crippen molar-refractivity contribution >= 4 is 5.69 Å². The molecule has 0 fully saturated rings. The molecule has 1 N–H and O–H groups in total. The zero-order chi connectivity index (χ0) is 28.7. The lowest BCUT2D eigenvalue weighted by Gasteiger charge is -2.41. The summed E-state index contributed by atoms with van der Waals surface area (Å²) >= 11 is 0. The summed E-state index contributed by atoms with van der Waals surface area (Å²) in [6.45, 7) is -1.58. The van der Waals surface area contributed by atoms with Gasteiger partial charge in [0.25, 0.3) is 0 Å². The molecule has 0 saturated carbocycles. The van der Waals surface area contributed by atoms with Gasteiger partial charge in [0, 0.05) is 5.56 Å². The first kappa shape index (κ1) is 28.3. The first-order valence-electron chi connectivity index (χ1n) is 11.1. The van der Waals surface area contributed by atoms with E-state index in [0.29, 0.717) is 12.1 Å². The Kier molecular flexibility index (Phi) is 7.61. The average Bonchev–Trinajstić information content (AvgIpc) is 2.86. The maximum atomic E-state index is 13.9. The second-order valence-electron chi connectivity index (χ2n) is 8.48. The number of hydrogen-bond donors (Lipinski definition) is 1. The van der Waals surface area contributed by atoms with Crippen LogP contribution in [0.25, 0.3) is 11.1 Å². The molecule has 0 radical (unpaired) electrons. The van der Waals surface area contributed by atoms with Gasteiger partial charge in [0.05, 0.1) is 18.3 Å². The number of aliphatic hydroxyl groups is 1. The van der Waals surface area contributed by atoms with E-state index in [-0.39, 0.29) is 28.1 Å². The van der Waals surface area contributed by atoms with Crippen LogP contribution in [-0.2, 0) is 0 Å². The Bertz CT molecular complexity index is 1320. The fraction of sp³-hybridized carbons (Fsp3) is 0.280. The third-order valence-corrected chi connectivity index (χ3v) is 5.86. The van der Waals surface area contributed by atoms with Gasteiger partial charge in [0.1, 0.15) is 12.4 Å². The van der Waals surface area contributed by atoms with Crippen LogP contribution < -0.4 is 14.4 Å². The van der Waals surface area contributed by atoms with E-state index in [1.807, 2.05) is 0 Å². The monoisotopic (exact) mass is 569 g/mol. The van der Waals surface area contributed by atoms with Crippen LogP contribution >= 0.6 is 0 Å². The predicted molar refractivity (Wildman–Crippen MR) is 117 cm³/mol. The number of rotatable bonds is 7. The highest BCUT2D eigenvalue weighted by Gasteiger charge is 2.45. The number of para-hydroxylation sites is 1. The quantitative estimate of drug-likeness (QED) is 0.249. The van der Waals surface area contributed by atoms with Crippen molar-refractivity contribution < 1.29 is 58.5 Å². The van der Waals surface area contributed by atoms with Gasteiger partial charge in [0.2, 0.25) is 0 Å². The van der Waals surface area contributed by atoms with Crippen molar-refractivity contribution in [3.8, 4) is 22.6 Å². The Labute approximate surface area is 214 Å². The topological polar surface area (TPSA) is 41.9 Å². The number of nitrogens with zero attached hydrogens (tertiary/aromatic N) is 1. The van der Waals surface area contributed by atoms with Crippen LogP contribution in [0.1, 0.15) is 11.6 Å². The van der Waals surface area contributed by atoms with Crippen LogP contribution in [0.2, 0.25) is 0 Å². The Morgan fingerprint density at radius 1 is 0.949 bits per heavy atom. The highest BCUT2D eigenvalue weighted by atomic mass is 19.4. The van der Waals surface area contributed by atoms with Gasteiger partial charge in [-0.05, 0) is 41.5 Å². The van der Waals surface area contributed by atoms with E-state index in [9.17, 15) is 49.0 Å². The lowest BCUT2D eigenvalue weighted by molar-refractivity contribution is -0.253. The summed E-state index contributed by atoms with van der Waals surface area (Å²) in [5.74, 6) is -5.67. The Morgan fingerprint density at radius 3 is 2.21 bits per heavy atom. The number of benzene rings is 3. The molecular formula is C25H17F10NO3. The molecular weight excluding hydrogens is 552 g/mol. The third-order valence-electron chi connectivity index (χ3n) is 5.86. The SMILES string of the molecule is O[C@H](CN1c2cccc(-c3cc(F)c(F)c(F)c3)c2OC[C@@H]1c1cccc(OC(F)(F)C(F)F)c1)C(F)(F)F. The van der Waals surface area contributed by atoms with E-state index in [1.165, 1.54) is 24.3 Å². The van der Waals surface area contributed by atoms with E-state index in [1.54, 1.807) is 0 Å². The van der Waals surface area contributed by atoms with E-state index in [4.69, 9.17) is 4.74 Å². The number of alkyl halides is 7. The van der Waals surface area contributed by atoms with Crippen LogP contribution in [-0.4, -0.2) is 43.1 Å². The maximum absolute atomic E-state index is 13.9. The molecule has 0 aliphatic carbocycles. The second-order valence-corrected chi connectivity index (χ2v) is 8.48. The first-order chi connectivity index (χ1) is 18.2. The van der Waals surface area contributed by atoms with Gasteiger partial charge in [-0.15, -0.1) is 0 Å². The number of aliphatic hydroxyl groups excluding tert-OH is 1. The molecule has 0 amide bonds. The minimum atomic E-state index is -5.08. The maximum Gasteiger partial charge on any atom is 0.461 e. The molecule has 3 aromatic rings. The fourth-order valence-corrected chi connectivity index (χ4v) is 4.04. The molecule has 4 rings (SSSR count). The summed E-state index contributed by atoms with van der Waals surface area (Å²) in [4.78, 5) is 1.01. The Hall–Kier alpha value is -3.68. The molecule has 4 nitrogen and oxygen atoms in total. The van der Waals surface area contributed by atoms with Crippen LogP contribution in [0.4, 0.5) is 49.6 Å². The van der Waals surface area contributed by atoms with Crippen molar-refractivity contribution in [2.75, 3.05) is 18.1 Å². The molecule has 2 atom stereocenters. The van der Waals surface area contributed by atoms with Crippen LogP contribution in [0, 0.1) is 17.5 Å². The summed E-state index contributed by atoms with van der Waals surface area (Å²) in [6.07, 6.45) is -17.0. The molecule has 39 heavy (non-hydrogen) atoms. The average molecular weight is 569 g/mol. The highest BCUT2D eigenvalue weighted by Crippen LogP contribution is 2.46. The number of halogens is 10. The van der Waals surface area contributed by atoms with Crippen molar-refractivity contribution in [3.05, 3.63) is 77.6 Å². The summed E-state index contributed by atoms with van der Waals surface area (Å²) < 4.78 is 143. The summed E-state index contributed by atoms with van der Waals surface area (Å²) in [5, 5.41) is 9.83. The molecule has 210 valence electrons. The molecule has 0 spiro atoms. The van der Waals surface area contributed by atoms with Crippen molar-refractivity contribution in [2.24, 2.45) is 0 Å². The second kappa shape index (κ2) is 10.5. The number of β-amino-alcohol motifs (C(OH)–C–C–N with tert-alkyl or cyclic N) is 1. The summed E-state index contributed by atoms with van der Waals surface area (Å²) in [7, 11) is 0. The molecule has 1 aliphatic rings. The minimum absolute atomic E-state index is 0.00173. The zero-order valence-corrected chi connectivity index (χ0v) is 19.3. The Balaban J connectivity index is 1.79. The van der Waals surface area contributed by atoms with Gasteiger partial charge in [-0.1, -0.05) is 24.3 Å². The van der Waals surface area contributed by atoms with E-state index in [0.717, 1.165) is 23.1 Å². The van der Waals surface area contributed by atoms with Crippen molar-refractivity contribution in [1.82, 2.24) is 0 Å². The normalized spacial score (nSPS) is 16.6. The smallest absolute Gasteiger partial charge is 0.461 e. The van der Waals surface area contributed by atoms with Gasteiger partial charge in [-0.3, -0.25) is 0 Å². The molecule has 0 bridgehead atoms. The van der Waals surface area contributed by atoms with Crippen LogP contribution in [0.15, 0.2) is 54.6 Å². The third kappa shape index (κ3) is 5.84. The summed E-state index contributed by atoms with van der Waals surface area (Å²) in [6, 6.07) is 8.25. The fourth-order valence-electron chi connectivity index (χ4n) is 4.04. The number of ether oxygens (including phenoxy) is 2. The van der Waals surface area contributed by atoms with Gasteiger partial charge in [0.15, 0.2) is 29.3 Å². The number of hydrogen-bond acceptors (Lipinski definition) is 4. The molecule has 0 unspecified atom stereocenters. The van der Waals surface area contributed by atoms with Crippen LogP contribution in [0.3, 0.4) is 0 Å². The van der Waals surface area contributed by atoms with Crippen LogP contribution in [0.5, 0.6) is 11.5 Å². The lowest BCUT2D eigenvalue weighted by atomic mass is 9.98. The highest BCUT2D eigenvalue weighted by molar-refractivity contribution is 5.80. The zero-order valence-electron chi connectivity index (χ0n) is 19.3. The van der Waals surface area contributed by atoms with Crippen molar-refractivity contribution in [3.63, 3.8) is 0 Å². The predicted octanol–water partition coefficient (Wildman–Crippen LogP) is 6.87. The van der Waals surface area contributed by atoms with Gasteiger partial charge < -0.3 is 19.5 Å². The number of fused-ring (bicyclic) bond motifs is 1. The molecule has 3 aromatic carbocycles. The Morgan fingerprint density at radius 2 is 1.59 bits per heavy atom. The van der Waals surface area contributed by atoms with E-state index >= 15 is 0 Å². The van der Waals surface area contributed by atoms with E-state index in [2.05, 4.69) is 4.74 Å². The van der Waals surface area contributed by atoms with Gasteiger partial charge >= 0.3 is 18.7 Å². The van der Waals surface area contributed by atoms with Gasteiger partial charge in [-0.25, -0.2) is 13.2 Å². The van der Waals surface area contributed by atoms with Crippen molar-refractivity contribution in [2.45, 2.75) is 30.9 Å². The number of anilines is 1. The first-order valence-corrected chi connectivity index (χ1v) is 11.1. The standard InChI is InChI=1S/C25H17F10NO3/c26-16-8-13(9-17(27)21(16)28)15-5-2-6-18-22(15)38-11-19(36(18)10-20(37)24(31,32)33)12-3-1-4-14(7-12)39-25(34,35)23(29)30/h1-9,19-20,23,37H,10-11H2/t19-,20-/m1/s1. The van der Waals surface area contributed by atoms with E-state index < -0.39 is 67.2 Å². The van der Waals surface area contributed by atoms with Gasteiger partial charge in [-0.2, -0.15) is 30.7 Å². The summed E-state index contributed by atoms with van der Waals surface area (Å²) in [5.41, 5.74) is -0.324. The molecule has 1 heterocycles. The molecule has 0 aromatic heterocycles.